The molecule has 0 unspecified atom stereocenters. The first-order chi connectivity index (χ1) is 6.25. The summed E-state index contributed by atoms with van der Waals surface area (Å²) in [7, 11) is -1.14. The van der Waals surface area contributed by atoms with E-state index in [1.165, 1.54) is 14.1 Å². The highest BCUT2D eigenvalue weighted by atomic mass is 32.3. The van der Waals surface area contributed by atoms with Gasteiger partial charge in [-0.05, 0) is 11.9 Å². The topological polar surface area (TPSA) is 110 Å². The van der Waals surface area contributed by atoms with Crippen molar-refractivity contribution in [3.05, 3.63) is 22.3 Å². The van der Waals surface area contributed by atoms with Gasteiger partial charge in [0.2, 0.25) is 0 Å². The molecule has 0 aromatic rings. The number of nitrogens with two attached hydrogens (primary N) is 2. The zero-order chi connectivity index (χ0) is 11.5. The van der Waals surface area contributed by atoms with Crippen LogP contribution in [0.2, 0.25) is 0 Å². The third-order valence-electron chi connectivity index (χ3n) is 1.32. The van der Waals surface area contributed by atoms with E-state index in [9.17, 15) is 13.5 Å². The van der Waals surface area contributed by atoms with Crippen LogP contribution < -0.4 is 10.9 Å². The molecule has 0 aliphatic heterocycles. The predicted octanol–water partition coefficient (Wildman–Crippen LogP) is -0.316. The number of rotatable bonds is 4. The largest absolute Gasteiger partial charge is 0.504 e. The van der Waals surface area contributed by atoms with E-state index >= 15 is 0 Å². The highest BCUT2D eigenvalue weighted by Crippen LogP contribution is 2.23. The second kappa shape index (κ2) is 4.69. The summed E-state index contributed by atoms with van der Waals surface area (Å²) < 4.78 is 23.5. The Morgan fingerprint density at radius 3 is 2.14 bits per heavy atom. The maximum Gasteiger partial charge on any atom is 0.253 e. The van der Waals surface area contributed by atoms with E-state index in [-0.39, 0.29) is 5.70 Å². The summed E-state index contributed by atoms with van der Waals surface area (Å²) in [6.07, 6.45) is 0. The highest BCUT2D eigenvalue weighted by Gasteiger charge is 2.25. The molecule has 0 aromatic carbocycles. The first-order valence-corrected chi connectivity index (χ1v) is 5.74. The molecule has 0 saturated heterocycles. The number of nitrogens with zero attached hydrogens (tertiary/aromatic N) is 1. The number of sulfonamides is 1. The maximum atomic E-state index is 11.5. The summed E-state index contributed by atoms with van der Waals surface area (Å²) in [5.41, 5.74) is 4.91. The molecular weight excluding hydrogens is 226 g/mol. The summed E-state index contributed by atoms with van der Waals surface area (Å²) >= 11 is 0.401. The van der Waals surface area contributed by atoms with Crippen LogP contribution in [-0.2, 0) is 10.0 Å². The lowest BCUT2D eigenvalue weighted by atomic mass is 10.5. The highest BCUT2D eigenvalue weighted by molar-refractivity contribution is 8.16. The molecule has 0 atom stereocenters. The minimum absolute atomic E-state index is 0.247. The SMILES string of the molecule is C=C(N)/C(O)=C(\SN)S(=O)(=O)N(C)C. The van der Waals surface area contributed by atoms with E-state index in [4.69, 9.17) is 10.9 Å². The van der Waals surface area contributed by atoms with Crippen molar-refractivity contribution in [2.24, 2.45) is 10.9 Å². The van der Waals surface area contributed by atoms with Gasteiger partial charge in [-0.3, -0.25) is 5.14 Å². The van der Waals surface area contributed by atoms with Crippen LogP contribution in [0.4, 0.5) is 0 Å². The predicted molar refractivity (Wildman–Crippen MR) is 57.4 cm³/mol. The van der Waals surface area contributed by atoms with Crippen LogP contribution in [0.5, 0.6) is 0 Å². The van der Waals surface area contributed by atoms with Gasteiger partial charge in [0.15, 0.2) is 10.00 Å². The molecule has 0 spiro atoms. The number of hydrogen-bond donors (Lipinski definition) is 3. The molecule has 0 fully saturated rings. The summed E-state index contributed by atoms with van der Waals surface area (Å²) in [5, 5.41) is 14.5. The zero-order valence-electron chi connectivity index (χ0n) is 7.89. The summed E-state index contributed by atoms with van der Waals surface area (Å²) in [5.74, 6) is -0.619. The fourth-order valence-electron chi connectivity index (χ4n) is 0.536. The van der Waals surface area contributed by atoms with Crippen LogP contribution in [-0.4, -0.2) is 31.9 Å². The van der Waals surface area contributed by atoms with Gasteiger partial charge in [-0.2, -0.15) is 0 Å². The fraction of sp³-hybridized carbons (Fsp3) is 0.333. The molecule has 14 heavy (non-hydrogen) atoms. The van der Waals surface area contributed by atoms with Gasteiger partial charge >= 0.3 is 0 Å². The lowest BCUT2D eigenvalue weighted by Crippen LogP contribution is -2.25. The molecule has 0 rings (SSSR count). The average Bonchev–Trinajstić information content (AvgIpc) is 2.04. The van der Waals surface area contributed by atoms with Gasteiger partial charge in [0.1, 0.15) is 0 Å². The van der Waals surface area contributed by atoms with Crippen LogP contribution in [0.15, 0.2) is 22.3 Å². The molecule has 0 amide bonds. The van der Waals surface area contributed by atoms with E-state index in [1.54, 1.807) is 0 Å². The van der Waals surface area contributed by atoms with Gasteiger partial charge in [0.25, 0.3) is 10.0 Å². The standard InChI is InChI=1S/C6H13N3O3S2/c1-4(7)5(10)6(13-8)14(11,12)9(2)3/h10H,1,7-8H2,2-3H3/b6-5-. The van der Waals surface area contributed by atoms with E-state index < -0.39 is 20.0 Å². The molecule has 0 aliphatic carbocycles. The van der Waals surface area contributed by atoms with Crippen molar-refractivity contribution >= 4 is 22.0 Å². The Morgan fingerprint density at radius 1 is 1.50 bits per heavy atom. The van der Waals surface area contributed by atoms with Crippen LogP contribution in [0.25, 0.3) is 0 Å². The van der Waals surface area contributed by atoms with Gasteiger partial charge in [0, 0.05) is 14.1 Å². The normalized spacial score (nSPS) is 14.0. The van der Waals surface area contributed by atoms with Gasteiger partial charge < -0.3 is 10.8 Å². The van der Waals surface area contributed by atoms with Crippen molar-refractivity contribution < 1.29 is 13.5 Å². The fourth-order valence-corrected chi connectivity index (χ4v) is 2.42. The van der Waals surface area contributed by atoms with Crippen LogP contribution >= 0.6 is 11.9 Å². The number of hydrogen-bond acceptors (Lipinski definition) is 6. The molecule has 8 heteroatoms. The molecule has 0 radical (unpaired) electrons. The van der Waals surface area contributed by atoms with Crippen molar-refractivity contribution in [1.82, 2.24) is 4.31 Å². The third-order valence-corrected chi connectivity index (χ3v) is 4.27. The van der Waals surface area contributed by atoms with Gasteiger partial charge in [0.05, 0.1) is 5.70 Å². The first-order valence-electron chi connectivity index (χ1n) is 3.42. The third kappa shape index (κ3) is 2.64. The van der Waals surface area contributed by atoms with Crippen molar-refractivity contribution in [2.45, 2.75) is 0 Å². The van der Waals surface area contributed by atoms with Crippen molar-refractivity contribution in [3.63, 3.8) is 0 Å². The van der Waals surface area contributed by atoms with Crippen LogP contribution in [0.3, 0.4) is 0 Å². The van der Waals surface area contributed by atoms with E-state index in [1.807, 2.05) is 0 Å². The number of aliphatic hydroxyl groups excluding tert-OH is 1. The Balaban J connectivity index is 5.53. The molecule has 0 heterocycles. The Labute approximate surface area is 87.4 Å². The summed E-state index contributed by atoms with van der Waals surface area (Å²) in [4.78, 5) is 0. The monoisotopic (exact) mass is 239 g/mol. The van der Waals surface area contributed by atoms with Crippen molar-refractivity contribution in [3.8, 4) is 0 Å². The van der Waals surface area contributed by atoms with Gasteiger partial charge in [-0.25, -0.2) is 12.7 Å². The van der Waals surface area contributed by atoms with Gasteiger partial charge in [-0.1, -0.05) is 6.58 Å². The molecule has 5 N–H and O–H groups in total. The van der Waals surface area contributed by atoms with E-state index in [2.05, 4.69) is 6.58 Å². The van der Waals surface area contributed by atoms with Crippen LogP contribution in [0.1, 0.15) is 0 Å². The lowest BCUT2D eigenvalue weighted by Gasteiger charge is -2.13. The molecule has 82 valence electrons. The Morgan fingerprint density at radius 2 is 1.93 bits per heavy atom. The maximum absolute atomic E-state index is 11.5. The lowest BCUT2D eigenvalue weighted by molar-refractivity contribution is 0.420. The summed E-state index contributed by atoms with van der Waals surface area (Å²) in [6, 6.07) is 0. The smallest absolute Gasteiger partial charge is 0.253 e. The minimum Gasteiger partial charge on any atom is -0.504 e. The molecular formula is C6H13N3O3S2. The Kier molecular flexibility index (Phi) is 4.46. The molecule has 0 bridgehead atoms. The number of aliphatic hydroxyl groups is 1. The van der Waals surface area contributed by atoms with Crippen molar-refractivity contribution in [1.29, 1.82) is 0 Å². The molecule has 0 aliphatic rings. The molecule has 0 aromatic heterocycles. The quantitative estimate of drug-likeness (QED) is 0.352. The second-order valence-corrected chi connectivity index (χ2v) is 5.56. The van der Waals surface area contributed by atoms with E-state index in [0.717, 1.165) is 4.31 Å². The van der Waals surface area contributed by atoms with Gasteiger partial charge in [-0.15, -0.1) is 0 Å². The molecule has 6 nitrogen and oxygen atoms in total. The zero-order valence-corrected chi connectivity index (χ0v) is 9.52. The first kappa shape index (κ1) is 13.3. The molecule has 0 saturated carbocycles. The minimum atomic E-state index is -3.77. The average molecular weight is 239 g/mol. The Bertz CT molecular complexity index is 359. The van der Waals surface area contributed by atoms with E-state index in [0.29, 0.717) is 11.9 Å². The summed E-state index contributed by atoms with van der Waals surface area (Å²) in [6.45, 7) is 3.21. The Hall–Kier alpha value is -0.700. The van der Waals surface area contributed by atoms with Crippen molar-refractivity contribution in [2.75, 3.05) is 14.1 Å². The second-order valence-electron chi connectivity index (χ2n) is 2.57. The van der Waals surface area contributed by atoms with Crippen LogP contribution in [0, 0.1) is 0 Å².